The summed E-state index contributed by atoms with van der Waals surface area (Å²) in [7, 11) is 1.16. The summed E-state index contributed by atoms with van der Waals surface area (Å²) in [6.07, 6.45) is -0.236. The fraction of sp³-hybridized carbons (Fsp3) is 0.636. The van der Waals surface area contributed by atoms with Crippen LogP contribution in [-0.2, 0) is 44.8 Å². The largest absolute Gasteiger partial charge is 0.469 e. The Bertz CT molecular complexity index is 1210. The number of benzene rings is 1. The van der Waals surface area contributed by atoms with Crippen molar-refractivity contribution in [2.45, 2.75) is 111 Å². The van der Waals surface area contributed by atoms with Gasteiger partial charge in [0.25, 0.3) is 0 Å². The lowest BCUT2D eigenvalue weighted by Gasteiger charge is -2.31. The molecule has 2 rings (SSSR count). The van der Waals surface area contributed by atoms with Crippen LogP contribution in [0.3, 0.4) is 0 Å². The highest BCUT2D eigenvalue weighted by molar-refractivity contribution is 5.96. The van der Waals surface area contributed by atoms with Crippen molar-refractivity contribution in [3.05, 3.63) is 35.9 Å². The van der Waals surface area contributed by atoms with E-state index in [2.05, 4.69) is 16.0 Å². The first-order valence-corrected chi connectivity index (χ1v) is 15.7. The molecular weight excluding hydrogens is 596 g/mol. The van der Waals surface area contributed by atoms with Crippen LogP contribution < -0.4 is 16.0 Å². The number of methoxy groups -OCH3 is 1. The molecule has 1 heterocycles. The Kier molecular flexibility index (Phi) is 14.5. The molecule has 3 N–H and O–H groups in total. The van der Waals surface area contributed by atoms with Crippen molar-refractivity contribution in [3.8, 4) is 0 Å². The van der Waals surface area contributed by atoms with Crippen molar-refractivity contribution < 1.29 is 43.0 Å². The van der Waals surface area contributed by atoms with Gasteiger partial charge in [-0.05, 0) is 57.4 Å². The van der Waals surface area contributed by atoms with Gasteiger partial charge in [0.15, 0.2) is 0 Å². The van der Waals surface area contributed by atoms with Gasteiger partial charge in [0.2, 0.25) is 17.7 Å². The van der Waals surface area contributed by atoms with Gasteiger partial charge in [-0.25, -0.2) is 9.59 Å². The van der Waals surface area contributed by atoms with E-state index in [1.165, 1.54) is 4.90 Å². The zero-order chi connectivity index (χ0) is 34.6. The first-order chi connectivity index (χ1) is 21.5. The predicted molar refractivity (Wildman–Crippen MR) is 169 cm³/mol. The monoisotopic (exact) mass is 646 g/mol. The summed E-state index contributed by atoms with van der Waals surface area (Å²) in [5.74, 6) is -3.40. The summed E-state index contributed by atoms with van der Waals surface area (Å²) in [5.41, 5.74) is -0.0401. The normalized spacial score (nSPS) is 16.7. The van der Waals surface area contributed by atoms with Gasteiger partial charge in [-0.3, -0.25) is 19.2 Å². The number of rotatable bonds is 14. The standard InChI is InChI=1S/C33H50N4O9/c1-20(2)17-24(31(42)45-19-22-13-10-9-11-14-22)34-29(40)27(21(3)4)36-28(39)25-15-12-16-37(25)30(41)23(18-26(38)44-8)35-32(43)46-33(5,6)7/h9-11,13-14,20-21,23-25,27H,12,15-19H2,1-8H3,(H,34,40)(H,35,43)(H,36,39)/t23-,24+,25+,27-/m1/s1. The van der Waals surface area contributed by atoms with E-state index in [0.29, 0.717) is 19.3 Å². The highest BCUT2D eigenvalue weighted by atomic mass is 16.6. The van der Waals surface area contributed by atoms with E-state index in [9.17, 15) is 28.8 Å². The van der Waals surface area contributed by atoms with E-state index in [-0.39, 0.29) is 25.0 Å². The SMILES string of the molecule is COC(=O)C[C@@H](NC(=O)OC(C)(C)C)C(=O)N1CCC[C@H]1C(=O)N[C@@H](C(=O)N[C@@H](CC(C)C)C(=O)OCc1ccccc1)C(C)C. The van der Waals surface area contributed by atoms with Crippen LogP contribution in [-0.4, -0.2) is 84.1 Å². The molecule has 1 fully saturated rings. The number of esters is 2. The molecule has 256 valence electrons. The maximum Gasteiger partial charge on any atom is 0.408 e. The fourth-order valence-electron chi connectivity index (χ4n) is 4.96. The van der Waals surface area contributed by atoms with Crippen molar-refractivity contribution in [1.82, 2.24) is 20.9 Å². The second-order valence-corrected chi connectivity index (χ2v) is 13.2. The zero-order valence-electron chi connectivity index (χ0n) is 28.2. The van der Waals surface area contributed by atoms with Crippen molar-refractivity contribution >= 4 is 35.8 Å². The molecule has 1 aromatic carbocycles. The number of hydrogen-bond acceptors (Lipinski definition) is 9. The van der Waals surface area contributed by atoms with Gasteiger partial charge in [0.05, 0.1) is 13.5 Å². The summed E-state index contributed by atoms with van der Waals surface area (Å²) in [6, 6.07) is 4.94. The molecule has 1 saturated heterocycles. The maximum atomic E-state index is 13.6. The van der Waals surface area contributed by atoms with Crippen molar-refractivity contribution in [2.75, 3.05) is 13.7 Å². The number of likely N-dealkylation sites (tertiary alicyclic amines) is 1. The average Bonchev–Trinajstić information content (AvgIpc) is 3.46. The zero-order valence-corrected chi connectivity index (χ0v) is 28.2. The number of amides is 4. The van der Waals surface area contributed by atoms with Crippen molar-refractivity contribution in [3.63, 3.8) is 0 Å². The van der Waals surface area contributed by atoms with Crippen LogP contribution >= 0.6 is 0 Å². The van der Waals surface area contributed by atoms with E-state index in [0.717, 1.165) is 12.7 Å². The van der Waals surface area contributed by atoms with Crippen LogP contribution in [0.15, 0.2) is 30.3 Å². The smallest absolute Gasteiger partial charge is 0.408 e. The summed E-state index contributed by atoms with van der Waals surface area (Å²) < 4.78 is 15.5. The number of hydrogen-bond donors (Lipinski definition) is 3. The predicted octanol–water partition coefficient (Wildman–Crippen LogP) is 2.85. The minimum absolute atomic E-state index is 0.0553. The van der Waals surface area contributed by atoms with Crippen LogP contribution in [0.1, 0.15) is 79.7 Å². The maximum absolute atomic E-state index is 13.6. The quantitative estimate of drug-likeness (QED) is 0.203. The lowest BCUT2D eigenvalue weighted by atomic mass is 10.00. The Balaban J connectivity index is 2.16. The van der Waals surface area contributed by atoms with E-state index < -0.39 is 71.9 Å². The molecule has 1 aliphatic rings. The molecule has 0 radical (unpaired) electrons. The number of ether oxygens (including phenoxy) is 3. The van der Waals surface area contributed by atoms with Gasteiger partial charge in [-0.2, -0.15) is 0 Å². The summed E-state index contributed by atoms with van der Waals surface area (Å²) in [6.45, 7) is 12.6. The first kappa shape index (κ1) is 38.0. The molecule has 46 heavy (non-hydrogen) atoms. The molecule has 0 aliphatic carbocycles. The van der Waals surface area contributed by atoms with Gasteiger partial charge >= 0.3 is 18.0 Å². The number of carbonyl (C=O) groups excluding carboxylic acids is 6. The Morgan fingerprint density at radius 2 is 1.59 bits per heavy atom. The van der Waals surface area contributed by atoms with E-state index in [4.69, 9.17) is 14.2 Å². The van der Waals surface area contributed by atoms with E-state index in [1.807, 2.05) is 44.2 Å². The topological polar surface area (TPSA) is 169 Å². The molecule has 4 atom stereocenters. The summed E-state index contributed by atoms with van der Waals surface area (Å²) >= 11 is 0. The lowest BCUT2D eigenvalue weighted by molar-refractivity contribution is -0.150. The number of nitrogens with zero attached hydrogens (tertiary/aromatic N) is 1. The lowest BCUT2D eigenvalue weighted by Crippen LogP contribution is -2.59. The molecule has 0 saturated carbocycles. The molecule has 0 bridgehead atoms. The molecule has 13 heteroatoms. The number of carbonyl (C=O) groups is 6. The summed E-state index contributed by atoms with van der Waals surface area (Å²) in [5, 5.41) is 7.95. The van der Waals surface area contributed by atoms with E-state index >= 15 is 0 Å². The molecular formula is C33H50N4O9. The van der Waals surface area contributed by atoms with Crippen molar-refractivity contribution in [1.29, 1.82) is 0 Å². The van der Waals surface area contributed by atoms with Crippen LogP contribution in [0.5, 0.6) is 0 Å². The fourth-order valence-corrected chi connectivity index (χ4v) is 4.96. The molecule has 1 aromatic rings. The number of alkyl carbamates (subject to hydrolysis) is 1. The third kappa shape index (κ3) is 12.3. The van der Waals surface area contributed by atoms with E-state index in [1.54, 1.807) is 34.6 Å². The molecule has 13 nitrogen and oxygen atoms in total. The van der Waals surface area contributed by atoms with Crippen LogP contribution in [0.25, 0.3) is 0 Å². The Morgan fingerprint density at radius 1 is 0.935 bits per heavy atom. The van der Waals surface area contributed by atoms with Crippen molar-refractivity contribution in [2.24, 2.45) is 11.8 Å². The Labute approximate surface area is 271 Å². The number of nitrogens with one attached hydrogen (secondary N) is 3. The molecule has 0 aromatic heterocycles. The third-order valence-corrected chi connectivity index (χ3v) is 7.20. The molecule has 0 unspecified atom stereocenters. The Hall–Kier alpha value is -4.16. The summed E-state index contributed by atoms with van der Waals surface area (Å²) in [4.78, 5) is 79.5. The third-order valence-electron chi connectivity index (χ3n) is 7.20. The van der Waals surface area contributed by atoms with Gasteiger partial charge < -0.3 is 35.1 Å². The highest BCUT2D eigenvalue weighted by Gasteiger charge is 2.40. The van der Waals surface area contributed by atoms with Crippen LogP contribution in [0.2, 0.25) is 0 Å². The molecule has 4 amide bonds. The second-order valence-electron chi connectivity index (χ2n) is 13.2. The van der Waals surface area contributed by atoms with Crippen LogP contribution in [0.4, 0.5) is 4.79 Å². The average molecular weight is 647 g/mol. The van der Waals surface area contributed by atoms with Gasteiger partial charge in [-0.15, -0.1) is 0 Å². The van der Waals surface area contributed by atoms with Gasteiger partial charge in [0.1, 0.15) is 36.4 Å². The highest BCUT2D eigenvalue weighted by Crippen LogP contribution is 2.21. The van der Waals surface area contributed by atoms with Gasteiger partial charge in [-0.1, -0.05) is 58.0 Å². The van der Waals surface area contributed by atoms with Crippen LogP contribution in [0, 0.1) is 11.8 Å². The minimum atomic E-state index is -1.33. The molecule has 1 aliphatic heterocycles. The molecule has 0 spiro atoms. The first-order valence-electron chi connectivity index (χ1n) is 15.7. The second kappa shape index (κ2) is 17.5. The Morgan fingerprint density at radius 3 is 2.15 bits per heavy atom. The van der Waals surface area contributed by atoms with Gasteiger partial charge in [0, 0.05) is 6.54 Å². The minimum Gasteiger partial charge on any atom is -0.469 e.